The molecule has 2 aromatic rings. The minimum Gasteiger partial charge on any atom is -0.550 e. The molecule has 0 aliphatic heterocycles. The van der Waals surface area contributed by atoms with Crippen molar-refractivity contribution in [1.82, 2.24) is 0 Å². The first kappa shape index (κ1) is 16.0. The van der Waals surface area contributed by atoms with E-state index in [9.17, 15) is 14.7 Å². The van der Waals surface area contributed by atoms with Gasteiger partial charge in [-0.25, -0.2) is 0 Å². The van der Waals surface area contributed by atoms with Gasteiger partial charge in [0.25, 0.3) is 0 Å². The monoisotopic (exact) mass is 316 g/mol. The topological polar surface area (TPSA) is 69.2 Å². The number of carbonyl (C=O) groups excluding carboxylic acids is 2. The second kappa shape index (κ2) is 7.61. The lowest BCUT2D eigenvalue weighted by atomic mass is 9.96. The Morgan fingerprint density at radius 3 is 2.27 bits per heavy atom. The van der Waals surface area contributed by atoms with Gasteiger partial charge >= 0.3 is 0 Å². The fourth-order valence-corrected chi connectivity index (χ4v) is 2.23. The van der Waals surface area contributed by atoms with E-state index in [4.69, 9.17) is 11.6 Å². The third kappa shape index (κ3) is 4.90. The van der Waals surface area contributed by atoms with Crippen LogP contribution in [-0.4, -0.2) is 11.9 Å². The van der Waals surface area contributed by atoms with Gasteiger partial charge in [0, 0.05) is 29.0 Å². The lowest BCUT2D eigenvalue weighted by Gasteiger charge is -2.17. The number of benzene rings is 2. The van der Waals surface area contributed by atoms with E-state index in [2.05, 4.69) is 5.32 Å². The molecule has 0 saturated carbocycles. The summed E-state index contributed by atoms with van der Waals surface area (Å²) in [5, 5.41) is 14.4. The van der Waals surface area contributed by atoms with Crippen molar-refractivity contribution in [2.75, 3.05) is 5.32 Å². The lowest BCUT2D eigenvalue weighted by molar-refractivity contribution is -0.311. The average Bonchev–Trinajstić information content (AvgIpc) is 2.50. The molecule has 0 spiro atoms. The van der Waals surface area contributed by atoms with Gasteiger partial charge < -0.3 is 15.2 Å². The summed E-state index contributed by atoms with van der Waals surface area (Å²) in [4.78, 5) is 23.2. The van der Waals surface area contributed by atoms with Crippen LogP contribution in [0.5, 0.6) is 0 Å². The van der Waals surface area contributed by atoms with Crippen molar-refractivity contribution in [3.63, 3.8) is 0 Å². The third-order valence-corrected chi connectivity index (χ3v) is 3.47. The summed E-state index contributed by atoms with van der Waals surface area (Å²) in [6.45, 7) is 0. The van der Waals surface area contributed by atoms with Gasteiger partial charge in [-0.3, -0.25) is 4.79 Å². The highest BCUT2D eigenvalue weighted by Crippen LogP contribution is 2.16. The molecule has 0 heterocycles. The number of carboxylic acid groups (broad SMARTS) is 1. The smallest absolute Gasteiger partial charge is 0.225 e. The van der Waals surface area contributed by atoms with Crippen LogP contribution in [0.4, 0.5) is 5.69 Å². The van der Waals surface area contributed by atoms with E-state index in [1.807, 2.05) is 30.3 Å². The van der Waals surface area contributed by atoms with E-state index in [1.165, 1.54) is 0 Å². The maximum Gasteiger partial charge on any atom is 0.225 e. The van der Waals surface area contributed by atoms with Crippen LogP contribution < -0.4 is 10.4 Å². The van der Waals surface area contributed by atoms with Crippen LogP contribution in [0.3, 0.4) is 0 Å². The van der Waals surface area contributed by atoms with Crippen LogP contribution in [0.1, 0.15) is 12.0 Å². The maximum atomic E-state index is 12.0. The summed E-state index contributed by atoms with van der Waals surface area (Å²) in [5.41, 5.74) is 1.43. The average molecular weight is 317 g/mol. The van der Waals surface area contributed by atoms with Crippen LogP contribution in [0, 0.1) is 5.92 Å². The van der Waals surface area contributed by atoms with Crippen molar-refractivity contribution in [3.05, 3.63) is 65.2 Å². The second-order valence-corrected chi connectivity index (χ2v) is 5.40. The van der Waals surface area contributed by atoms with E-state index in [0.29, 0.717) is 10.7 Å². The standard InChI is InChI=1S/C17H16ClNO3/c18-14-6-8-15(9-7-14)19-16(20)11-13(17(21)22)10-12-4-2-1-3-5-12/h1-9,13H,10-11H2,(H,19,20)(H,21,22)/p-1/t13-/m0/s1. The summed E-state index contributed by atoms with van der Waals surface area (Å²) in [6, 6.07) is 15.8. The van der Waals surface area contributed by atoms with Crippen molar-refractivity contribution in [3.8, 4) is 0 Å². The van der Waals surface area contributed by atoms with Gasteiger partial charge in [0.1, 0.15) is 0 Å². The first-order valence-corrected chi connectivity index (χ1v) is 7.22. The van der Waals surface area contributed by atoms with Crippen LogP contribution in [0.15, 0.2) is 54.6 Å². The Bertz CT molecular complexity index is 641. The summed E-state index contributed by atoms with van der Waals surface area (Å²) < 4.78 is 0. The van der Waals surface area contributed by atoms with Crippen molar-refractivity contribution in [1.29, 1.82) is 0 Å². The number of carboxylic acids is 1. The number of rotatable bonds is 6. The van der Waals surface area contributed by atoms with E-state index in [0.717, 1.165) is 5.56 Å². The predicted molar refractivity (Wildman–Crippen MR) is 83.3 cm³/mol. The van der Waals surface area contributed by atoms with E-state index in [1.54, 1.807) is 24.3 Å². The Kier molecular flexibility index (Phi) is 5.55. The van der Waals surface area contributed by atoms with Crippen molar-refractivity contribution < 1.29 is 14.7 Å². The SMILES string of the molecule is O=C(C[C@H](Cc1ccccc1)C(=O)[O-])Nc1ccc(Cl)cc1. The molecule has 2 rings (SSSR count). The van der Waals surface area contributed by atoms with Gasteiger partial charge in [0.15, 0.2) is 0 Å². The van der Waals surface area contributed by atoms with Gasteiger partial charge in [-0.15, -0.1) is 0 Å². The molecule has 1 amide bonds. The molecule has 4 nitrogen and oxygen atoms in total. The lowest BCUT2D eigenvalue weighted by Crippen LogP contribution is -2.35. The van der Waals surface area contributed by atoms with Gasteiger partial charge in [-0.05, 0) is 36.2 Å². The van der Waals surface area contributed by atoms with Gasteiger partial charge in [0.05, 0.1) is 0 Å². The molecular weight excluding hydrogens is 302 g/mol. The second-order valence-electron chi connectivity index (χ2n) is 4.96. The Labute approximate surface area is 133 Å². The molecule has 0 aliphatic rings. The van der Waals surface area contributed by atoms with Crippen LogP contribution >= 0.6 is 11.6 Å². The summed E-state index contributed by atoms with van der Waals surface area (Å²) >= 11 is 5.77. The predicted octanol–water partition coefficient (Wildman–Crippen LogP) is 2.28. The highest BCUT2D eigenvalue weighted by atomic mass is 35.5. The normalized spacial score (nSPS) is 11.7. The summed E-state index contributed by atoms with van der Waals surface area (Å²) in [7, 11) is 0. The first-order valence-electron chi connectivity index (χ1n) is 6.85. The third-order valence-electron chi connectivity index (χ3n) is 3.22. The number of halogens is 1. The fourth-order valence-electron chi connectivity index (χ4n) is 2.11. The zero-order valence-electron chi connectivity index (χ0n) is 11.8. The minimum atomic E-state index is -1.23. The molecule has 0 aromatic heterocycles. The van der Waals surface area contributed by atoms with Crippen molar-refractivity contribution in [2.24, 2.45) is 5.92 Å². The largest absolute Gasteiger partial charge is 0.550 e. The van der Waals surface area contributed by atoms with Crippen molar-refractivity contribution in [2.45, 2.75) is 12.8 Å². The Hall–Kier alpha value is -2.33. The molecule has 0 fully saturated rings. The summed E-state index contributed by atoms with van der Waals surface area (Å²) in [6.07, 6.45) is 0.122. The van der Waals surface area contributed by atoms with Gasteiger partial charge in [-0.1, -0.05) is 41.9 Å². The first-order chi connectivity index (χ1) is 10.5. The molecule has 0 unspecified atom stereocenters. The highest BCUT2D eigenvalue weighted by molar-refractivity contribution is 6.30. The Morgan fingerprint density at radius 1 is 1.05 bits per heavy atom. The molecule has 0 radical (unpaired) electrons. The van der Waals surface area contributed by atoms with E-state index >= 15 is 0 Å². The molecular formula is C17H15ClNO3-. The quantitative estimate of drug-likeness (QED) is 0.889. The number of hydrogen-bond donors (Lipinski definition) is 1. The highest BCUT2D eigenvalue weighted by Gasteiger charge is 2.16. The number of nitrogens with one attached hydrogen (secondary N) is 1. The molecule has 1 atom stereocenters. The molecule has 114 valence electrons. The molecule has 0 saturated heterocycles. The van der Waals surface area contributed by atoms with E-state index < -0.39 is 11.9 Å². The van der Waals surface area contributed by atoms with E-state index in [-0.39, 0.29) is 18.7 Å². The molecule has 1 N–H and O–H groups in total. The van der Waals surface area contributed by atoms with Gasteiger partial charge in [0.2, 0.25) is 5.91 Å². The molecule has 0 aliphatic carbocycles. The fraction of sp³-hybridized carbons (Fsp3) is 0.176. The van der Waals surface area contributed by atoms with Crippen LogP contribution in [0.2, 0.25) is 5.02 Å². The Morgan fingerprint density at radius 2 is 1.68 bits per heavy atom. The molecule has 5 heteroatoms. The number of aliphatic carboxylic acids is 1. The Balaban J connectivity index is 1.97. The zero-order valence-corrected chi connectivity index (χ0v) is 12.5. The zero-order chi connectivity index (χ0) is 15.9. The van der Waals surface area contributed by atoms with Gasteiger partial charge in [-0.2, -0.15) is 0 Å². The number of amides is 1. The van der Waals surface area contributed by atoms with Crippen molar-refractivity contribution >= 4 is 29.2 Å². The minimum absolute atomic E-state index is 0.139. The summed E-state index contributed by atoms with van der Waals surface area (Å²) in [5.74, 6) is -2.46. The maximum absolute atomic E-state index is 12.0. The van der Waals surface area contributed by atoms with Crippen LogP contribution in [-0.2, 0) is 16.0 Å². The molecule has 0 bridgehead atoms. The molecule has 2 aromatic carbocycles. The van der Waals surface area contributed by atoms with Crippen LogP contribution in [0.25, 0.3) is 0 Å². The molecule has 22 heavy (non-hydrogen) atoms. The number of hydrogen-bond acceptors (Lipinski definition) is 3. The number of carbonyl (C=O) groups is 2. The number of anilines is 1.